The zero-order valence-electron chi connectivity index (χ0n) is 12.6. The third kappa shape index (κ3) is 6.34. The van der Waals surface area contributed by atoms with E-state index in [9.17, 15) is 9.59 Å². The minimum absolute atomic E-state index is 0.00253. The Labute approximate surface area is 121 Å². The number of ether oxygens (including phenoxy) is 1. The standard InChI is InChI=1S/C14H27N3O3/c1-3-4-6-16-14(19)12(2)15-7-5-13(18)17-8-10-20-11-9-17/h12,15H,3-11H2,1-2H3,(H,16,19). The molecule has 1 fully saturated rings. The van der Waals surface area contributed by atoms with Crippen LogP contribution >= 0.6 is 0 Å². The first kappa shape index (κ1) is 16.9. The summed E-state index contributed by atoms with van der Waals surface area (Å²) in [5, 5.41) is 5.96. The minimum atomic E-state index is -0.260. The van der Waals surface area contributed by atoms with Crippen molar-refractivity contribution in [3.05, 3.63) is 0 Å². The fourth-order valence-electron chi connectivity index (χ4n) is 2.00. The zero-order chi connectivity index (χ0) is 14.8. The van der Waals surface area contributed by atoms with E-state index in [4.69, 9.17) is 4.74 Å². The van der Waals surface area contributed by atoms with Gasteiger partial charge in [-0.05, 0) is 13.3 Å². The van der Waals surface area contributed by atoms with Crippen molar-refractivity contribution in [1.82, 2.24) is 15.5 Å². The SMILES string of the molecule is CCCCNC(=O)C(C)NCCC(=O)N1CCOCC1. The van der Waals surface area contributed by atoms with Gasteiger partial charge < -0.3 is 20.3 Å². The van der Waals surface area contributed by atoms with Crippen LogP contribution in [0.1, 0.15) is 33.1 Å². The molecule has 6 heteroatoms. The van der Waals surface area contributed by atoms with Crippen LogP contribution in [0, 0.1) is 0 Å². The molecule has 1 unspecified atom stereocenters. The molecule has 1 atom stereocenters. The Bertz CT molecular complexity index is 304. The number of hydrogen-bond donors (Lipinski definition) is 2. The Kier molecular flexibility index (Phi) is 8.22. The molecule has 0 aromatic heterocycles. The van der Waals surface area contributed by atoms with Gasteiger partial charge in [0.15, 0.2) is 0 Å². The van der Waals surface area contributed by atoms with Crippen LogP contribution < -0.4 is 10.6 Å². The first-order valence-electron chi connectivity index (χ1n) is 7.51. The van der Waals surface area contributed by atoms with Gasteiger partial charge in [-0.2, -0.15) is 0 Å². The van der Waals surface area contributed by atoms with E-state index in [1.807, 2.05) is 11.8 Å². The molecule has 1 aliphatic heterocycles. The molecule has 1 aliphatic rings. The number of nitrogens with zero attached hydrogens (tertiary/aromatic N) is 1. The predicted molar refractivity (Wildman–Crippen MR) is 77.4 cm³/mol. The van der Waals surface area contributed by atoms with Crippen molar-refractivity contribution in [3.63, 3.8) is 0 Å². The molecule has 1 saturated heterocycles. The van der Waals surface area contributed by atoms with Crippen LogP contribution in [0.25, 0.3) is 0 Å². The molecule has 0 aromatic rings. The van der Waals surface area contributed by atoms with Gasteiger partial charge >= 0.3 is 0 Å². The van der Waals surface area contributed by atoms with Crippen LogP contribution in [0.3, 0.4) is 0 Å². The Morgan fingerprint density at radius 2 is 1.95 bits per heavy atom. The van der Waals surface area contributed by atoms with E-state index >= 15 is 0 Å². The fraction of sp³-hybridized carbons (Fsp3) is 0.857. The van der Waals surface area contributed by atoms with E-state index in [0.29, 0.717) is 45.8 Å². The van der Waals surface area contributed by atoms with Crippen LogP contribution in [0.5, 0.6) is 0 Å². The lowest BCUT2D eigenvalue weighted by Gasteiger charge is -2.27. The minimum Gasteiger partial charge on any atom is -0.378 e. The van der Waals surface area contributed by atoms with E-state index in [2.05, 4.69) is 17.6 Å². The van der Waals surface area contributed by atoms with Crippen molar-refractivity contribution in [3.8, 4) is 0 Å². The first-order chi connectivity index (χ1) is 9.65. The van der Waals surface area contributed by atoms with Crippen LogP contribution in [0.15, 0.2) is 0 Å². The largest absolute Gasteiger partial charge is 0.378 e. The van der Waals surface area contributed by atoms with Crippen molar-refractivity contribution in [2.75, 3.05) is 39.4 Å². The number of amides is 2. The third-order valence-electron chi connectivity index (χ3n) is 3.38. The summed E-state index contributed by atoms with van der Waals surface area (Å²) < 4.78 is 5.21. The quantitative estimate of drug-likeness (QED) is 0.622. The summed E-state index contributed by atoms with van der Waals surface area (Å²) in [4.78, 5) is 25.4. The fourth-order valence-corrected chi connectivity index (χ4v) is 2.00. The van der Waals surface area contributed by atoms with Gasteiger partial charge in [-0.25, -0.2) is 0 Å². The van der Waals surface area contributed by atoms with Gasteiger partial charge in [0.05, 0.1) is 19.3 Å². The third-order valence-corrected chi connectivity index (χ3v) is 3.38. The topological polar surface area (TPSA) is 70.7 Å². The molecule has 6 nitrogen and oxygen atoms in total. The van der Waals surface area contributed by atoms with Gasteiger partial charge in [0.2, 0.25) is 11.8 Å². The molecule has 1 rings (SSSR count). The summed E-state index contributed by atoms with van der Waals surface area (Å²) >= 11 is 0. The number of nitrogens with one attached hydrogen (secondary N) is 2. The first-order valence-corrected chi connectivity index (χ1v) is 7.51. The van der Waals surface area contributed by atoms with Gasteiger partial charge in [-0.1, -0.05) is 13.3 Å². The van der Waals surface area contributed by atoms with Crippen molar-refractivity contribution in [1.29, 1.82) is 0 Å². The highest BCUT2D eigenvalue weighted by Crippen LogP contribution is 1.99. The molecule has 2 N–H and O–H groups in total. The van der Waals surface area contributed by atoms with Gasteiger partial charge in [0.1, 0.15) is 0 Å². The lowest BCUT2D eigenvalue weighted by atomic mass is 10.2. The van der Waals surface area contributed by atoms with Crippen molar-refractivity contribution >= 4 is 11.8 Å². The number of morpholine rings is 1. The van der Waals surface area contributed by atoms with E-state index < -0.39 is 0 Å². The van der Waals surface area contributed by atoms with Gasteiger partial charge in [-0.3, -0.25) is 9.59 Å². The highest BCUT2D eigenvalue weighted by atomic mass is 16.5. The van der Waals surface area contributed by atoms with Crippen molar-refractivity contribution < 1.29 is 14.3 Å². The molecular formula is C14H27N3O3. The monoisotopic (exact) mass is 285 g/mol. The maximum atomic E-state index is 11.9. The summed E-state index contributed by atoms with van der Waals surface area (Å²) in [6, 6.07) is -0.260. The number of carbonyl (C=O) groups excluding carboxylic acids is 2. The molecule has 20 heavy (non-hydrogen) atoms. The normalized spacial score (nSPS) is 16.8. The predicted octanol–water partition coefficient (Wildman–Crippen LogP) is 0.130. The van der Waals surface area contributed by atoms with Gasteiger partial charge in [0, 0.05) is 32.6 Å². The Morgan fingerprint density at radius 3 is 2.60 bits per heavy atom. The van der Waals surface area contributed by atoms with Gasteiger partial charge in [-0.15, -0.1) is 0 Å². The van der Waals surface area contributed by atoms with Crippen molar-refractivity contribution in [2.45, 2.75) is 39.2 Å². The van der Waals surface area contributed by atoms with Crippen LogP contribution in [0.2, 0.25) is 0 Å². The lowest BCUT2D eigenvalue weighted by molar-refractivity contribution is -0.135. The average Bonchev–Trinajstić information content (AvgIpc) is 2.48. The number of unbranched alkanes of at least 4 members (excludes halogenated alkanes) is 1. The summed E-state index contributed by atoms with van der Waals surface area (Å²) in [6.07, 6.45) is 2.48. The van der Waals surface area contributed by atoms with Gasteiger partial charge in [0.25, 0.3) is 0 Å². The molecule has 2 amide bonds. The number of rotatable bonds is 8. The highest BCUT2D eigenvalue weighted by Gasteiger charge is 2.17. The van der Waals surface area contributed by atoms with E-state index in [0.717, 1.165) is 12.8 Å². The highest BCUT2D eigenvalue weighted by molar-refractivity contribution is 5.81. The summed E-state index contributed by atoms with van der Waals surface area (Å²) in [5.74, 6) is 0.122. The van der Waals surface area contributed by atoms with Crippen molar-refractivity contribution in [2.24, 2.45) is 0 Å². The number of carbonyl (C=O) groups is 2. The van der Waals surface area contributed by atoms with Crippen LogP contribution in [-0.2, 0) is 14.3 Å². The summed E-state index contributed by atoms with van der Waals surface area (Å²) in [7, 11) is 0. The summed E-state index contributed by atoms with van der Waals surface area (Å²) in [5.41, 5.74) is 0. The smallest absolute Gasteiger partial charge is 0.236 e. The molecule has 0 spiro atoms. The molecule has 0 bridgehead atoms. The Hall–Kier alpha value is -1.14. The van der Waals surface area contributed by atoms with E-state index in [1.54, 1.807) is 0 Å². The molecule has 0 saturated carbocycles. The summed E-state index contributed by atoms with van der Waals surface area (Å²) in [6.45, 7) is 7.74. The Balaban J connectivity index is 2.12. The molecule has 0 radical (unpaired) electrons. The second-order valence-corrected chi connectivity index (χ2v) is 5.06. The van der Waals surface area contributed by atoms with Crippen LogP contribution in [-0.4, -0.2) is 62.1 Å². The number of hydrogen-bond acceptors (Lipinski definition) is 4. The second-order valence-electron chi connectivity index (χ2n) is 5.06. The average molecular weight is 285 g/mol. The van der Waals surface area contributed by atoms with E-state index in [-0.39, 0.29) is 17.9 Å². The molecule has 0 aliphatic carbocycles. The molecule has 116 valence electrons. The second kappa shape index (κ2) is 9.72. The van der Waals surface area contributed by atoms with Crippen LogP contribution in [0.4, 0.5) is 0 Å². The lowest BCUT2D eigenvalue weighted by Crippen LogP contribution is -2.45. The molecule has 0 aromatic carbocycles. The zero-order valence-corrected chi connectivity index (χ0v) is 12.6. The molecule has 1 heterocycles. The molecular weight excluding hydrogens is 258 g/mol. The Morgan fingerprint density at radius 1 is 1.25 bits per heavy atom. The van der Waals surface area contributed by atoms with E-state index in [1.165, 1.54) is 0 Å². The maximum Gasteiger partial charge on any atom is 0.236 e. The maximum absolute atomic E-state index is 11.9.